The van der Waals surface area contributed by atoms with Crippen LogP contribution in [0.4, 0.5) is 4.79 Å². The number of ether oxygens (including phenoxy) is 2. The number of hydrogen-bond donors (Lipinski definition) is 1. The van der Waals surface area contributed by atoms with Crippen molar-refractivity contribution < 1.29 is 14.3 Å². The van der Waals surface area contributed by atoms with E-state index in [4.69, 9.17) is 9.47 Å². The van der Waals surface area contributed by atoms with Crippen LogP contribution in [0.15, 0.2) is 0 Å². The molecule has 1 saturated heterocycles. The molecule has 0 aromatic rings. The second-order valence-corrected chi connectivity index (χ2v) is 5.57. The van der Waals surface area contributed by atoms with Gasteiger partial charge in [0.1, 0.15) is 0 Å². The van der Waals surface area contributed by atoms with Crippen LogP contribution in [0.25, 0.3) is 0 Å². The summed E-state index contributed by atoms with van der Waals surface area (Å²) in [6.45, 7) is 6.07. The Morgan fingerprint density at radius 2 is 2.12 bits per heavy atom. The van der Waals surface area contributed by atoms with Crippen molar-refractivity contribution in [1.82, 2.24) is 5.32 Å². The zero-order chi connectivity index (χ0) is 12.3. The summed E-state index contributed by atoms with van der Waals surface area (Å²) < 4.78 is 10.7. The number of amides is 1. The monoisotopic (exact) mass is 241 g/mol. The van der Waals surface area contributed by atoms with Crippen molar-refractivity contribution in [2.24, 2.45) is 17.8 Å². The normalized spacial score (nSPS) is 29.1. The van der Waals surface area contributed by atoms with Gasteiger partial charge < -0.3 is 14.8 Å². The Hall–Kier alpha value is -0.770. The third-order valence-corrected chi connectivity index (χ3v) is 3.49. The number of alkyl carbamates (subject to hydrolysis) is 1. The molecule has 0 aromatic heterocycles. The molecule has 0 aromatic carbocycles. The van der Waals surface area contributed by atoms with E-state index in [2.05, 4.69) is 5.32 Å². The van der Waals surface area contributed by atoms with Crippen molar-refractivity contribution >= 4 is 6.09 Å². The summed E-state index contributed by atoms with van der Waals surface area (Å²) in [7, 11) is 0. The Morgan fingerprint density at radius 3 is 2.76 bits per heavy atom. The second kappa shape index (κ2) is 5.71. The highest BCUT2D eigenvalue weighted by atomic mass is 16.6. The van der Waals surface area contributed by atoms with Gasteiger partial charge in [0.25, 0.3) is 0 Å². The maximum atomic E-state index is 11.3. The molecule has 2 aliphatic rings. The van der Waals surface area contributed by atoms with Gasteiger partial charge in [-0.25, -0.2) is 4.79 Å². The molecular formula is C13H23NO3. The maximum absolute atomic E-state index is 11.3. The summed E-state index contributed by atoms with van der Waals surface area (Å²) in [5.41, 5.74) is 0. The minimum Gasteiger partial charge on any atom is -0.447 e. The minimum absolute atomic E-state index is 0.0585. The molecule has 98 valence electrons. The van der Waals surface area contributed by atoms with E-state index in [1.165, 1.54) is 19.3 Å². The molecule has 2 atom stereocenters. The first kappa shape index (κ1) is 12.7. The lowest BCUT2D eigenvalue weighted by atomic mass is 9.89. The van der Waals surface area contributed by atoms with Gasteiger partial charge in [-0.3, -0.25) is 0 Å². The van der Waals surface area contributed by atoms with E-state index >= 15 is 0 Å². The van der Waals surface area contributed by atoms with Gasteiger partial charge in [-0.15, -0.1) is 0 Å². The molecule has 1 heterocycles. The van der Waals surface area contributed by atoms with Gasteiger partial charge in [-0.2, -0.15) is 0 Å². The van der Waals surface area contributed by atoms with Crippen LogP contribution in [0.3, 0.4) is 0 Å². The molecule has 1 aliphatic heterocycles. The van der Waals surface area contributed by atoms with Crippen molar-refractivity contribution in [3.05, 3.63) is 0 Å². The molecule has 1 aliphatic carbocycles. The Kier molecular flexibility index (Phi) is 4.26. The van der Waals surface area contributed by atoms with E-state index in [9.17, 15) is 4.79 Å². The largest absolute Gasteiger partial charge is 0.447 e. The van der Waals surface area contributed by atoms with Crippen LogP contribution in [0, 0.1) is 17.8 Å². The fraction of sp³-hybridized carbons (Fsp3) is 0.923. The van der Waals surface area contributed by atoms with Gasteiger partial charge in [0.05, 0.1) is 12.7 Å². The van der Waals surface area contributed by atoms with Gasteiger partial charge in [-0.1, -0.05) is 0 Å². The minimum atomic E-state index is -0.312. The molecule has 4 nitrogen and oxygen atoms in total. The summed E-state index contributed by atoms with van der Waals surface area (Å²) >= 11 is 0. The average molecular weight is 241 g/mol. The third kappa shape index (κ3) is 4.19. The summed E-state index contributed by atoms with van der Waals surface area (Å²) in [4.78, 5) is 11.3. The molecule has 2 unspecified atom stereocenters. The van der Waals surface area contributed by atoms with Crippen LogP contribution in [0.5, 0.6) is 0 Å². The third-order valence-electron chi connectivity index (χ3n) is 3.49. The first-order chi connectivity index (χ1) is 8.15. The smallest absolute Gasteiger partial charge is 0.407 e. The fourth-order valence-electron chi connectivity index (χ4n) is 2.47. The highest BCUT2D eigenvalue weighted by molar-refractivity contribution is 5.67. The van der Waals surface area contributed by atoms with Crippen LogP contribution in [-0.2, 0) is 9.47 Å². The average Bonchev–Trinajstić information content (AvgIpc) is 3.10. The van der Waals surface area contributed by atoms with Gasteiger partial charge in [0.15, 0.2) is 0 Å². The van der Waals surface area contributed by atoms with Gasteiger partial charge >= 0.3 is 6.09 Å². The van der Waals surface area contributed by atoms with Crippen molar-refractivity contribution in [1.29, 1.82) is 0 Å². The Morgan fingerprint density at radius 1 is 1.35 bits per heavy atom. The Bertz CT molecular complexity index is 263. The van der Waals surface area contributed by atoms with Crippen LogP contribution < -0.4 is 5.32 Å². The Labute approximate surface area is 103 Å². The lowest BCUT2D eigenvalue weighted by Gasteiger charge is -2.29. The first-order valence-corrected chi connectivity index (χ1v) is 6.67. The zero-order valence-electron chi connectivity index (χ0n) is 10.8. The van der Waals surface area contributed by atoms with Crippen LogP contribution >= 0.6 is 0 Å². The molecule has 17 heavy (non-hydrogen) atoms. The molecule has 4 heteroatoms. The molecule has 0 spiro atoms. The Balaban J connectivity index is 1.66. The van der Waals surface area contributed by atoms with Crippen molar-refractivity contribution in [2.45, 2.75) is 39.2 Å². The summed E-state index contributed by atoms with van der Waals surface area (Å²) in [5, 5.41) is 2.82. The van der Waals surface area contributed by atoms with E-state index in [1.54, 1.807) is 0 Å². The highest BCUT2D eigenvalue weighted by Crippen LogP contribution is 2.41. The number of carbonyl (C=O) groups is 1. The molecule has 0 radical (unpaired) electrons. The standard InChI is InChI=1S/C13H23NO3/c1-9(2)17-13(15)14-6-10-5-12(8-16-7-10)11-3-4-11/h9-12H,3-8H2,1-2H3,(H,14,15). The maximum Gasteiger partial charge on any atom is 0.407 e. The van der Waals surface area contributed by atoms with Crippen molar-refractivity contribution in [3.8, 4) is 0 Å². The zero-order valence-corrected chi connectivity index (χ0v) is 10.8. The van der Waals surface area contributed by atoms with Gasteiger partial charge in [-0.05, 0) is 44.9 Å². The quantitative estimate of drug-likeness (QED) is 0.820. The number of hydrogen-bond acceptors (Lipinski definition) is 3. The fourth-order valence-corrected chi connectivity index (χ4v) is 2.47. The number of carbonyl (C=O) groups excluding carboxylic acids is 1. The second-order valence-electron chi connectivity index (χ2n) is 5.57. The molecule has 1 N–H and O–H groups in total. The molecule has 1 amide bonds. The number of rotatable bonds is 4. The summed E-state index contributed by atoms with van der Waals surface area (Å²) in [6, 6.07) is 0. The summed E-state index contributed by atoms with van der Waals surface area (Å²) in [5.74, 6) is 2.06. The van der Waals surface area contributed by atoms with E-state index in [0.29, 0.717) is 12.5 Å². The van der Waals surface area contributed by atoms with Gasteiger partial charge in [0.2, 0.25) is 0 Å². The lowest BCUT2D eigenvalue weighted by molar-refractivity contribution is 0.00753. The van der Waals surface area contributed by atoms with Crippen LogP contribution in [0.2, 0.25) is 0 Å². The molecule has 1 saturated carbocycles. The SMILES string of the molecule is CC(C)OC(=O)NCC1COCC(C2CC2)C1. The van der Waals surface area contributed by atoms with Crippen LogP contribution in [0.1, 0.15) is 33.1 Å². The van der Waals surface area contributed by atoms with E-state index < -0.39 is 0 Å². The predicted molar refractivity (Wildman–Crippen MR) is 64.8 cm³/mol. The lowest BCUT2D eigenvalue weighted by Crippen LogP contribution is -2.37. The van der Waals surface area contributed by atoms with Crippen LogP contribution in [-0.4, -0.2) is 32.0 Å². The number of nitrogens with one attached hydrogen (secondary N) is 1. The molecule has 0 bridgehead atoms. The van der Waals surface area contributed by atoms with E-state index in [1.807, 2.05) is 13.8 Å². The summed E-state index contributed by atoms with van der Waals surface area (Å²) in [6.07, 6.45) is 3.55. The van der Waals surface area contributed by atoms with E-state index in [-0.39, 0.29) is 12.2 Å². The van der Waals surface area contributed by atoms with E-state index in [0.717, 1.165) is 25.0 Å². The molecule has 2 rings (SSSR count). The molecule has 2 fully saturated rings. The topological polar surface area (TPSA) is 47.6 Å². The first-order valence-electron chi connectivity index (χ1n) is 6.67. The van der Waals surface area contributed by atoms with Gasteiger partial charge in [0, 0.05) is 19.1 Å². The van der Waals surface area contributed by atoms with Crippen molar-refractivity contribution in [3.63, 3.8) is 0 Å². The highest BCUT2D eigenvalue weighted by Gasteiger charge is 2.35. The molecular weight excluding hydrogens is 218 g/mol. The predicted octanol–water partition coefficient (Wildman–Crippen LogP) is 2.18. The van der Waals surface area contributed by atoms with Crippen molar-refractivity contribution in [2.75, 3.05) is 19.8 Å².